The van der Waals surface area contributed by atoms with Crippen molar-refractivity contribution in [2.45, 2.75) is 50.5 Å². The number of likely N-dealkylation sites (tertiary alicyclic amines) is 1. The van der Waals surface area contributed by atoms with Gasteiger partial charge in [0.2, 0.25) is 5.91 Å². The van der Waals surface area contributed by atoms with Gasteiger partial charge in [-0.1, -0.05) is 57.0 Å². The number of hydrogen-bond acceptors (Lipinski definition) is 3. The average Bonchev–Trinajstić information content (AvgIpc) is 3.05. The van der Waals surface area contributed by atoms with Crippen LogP contribution in [0.25, 0.3) is 0 Å². The molecular weight excluding hydrogens is 406 g/mol. The van der Waals surface area contributed by atoms with Crippen LogP contribution in [0.15, 0.2) is 54.6 Å². The van der Waals surface area contributed by atoms with E-state index in [9.17, 15) is 9.59 Å². The molecule has 1 atom stereocenters. The Morgan fingerprint density at radius 2 is 1.45 bits per heavy atom. The number of hydrogen-bond donors (Lipinski definition) is 2. The Bertz CT molecular complexity index is 832. The number of rotatable bonds is 7. The lowest BCUT2D eigenvalue weighted by molar-refractivity contribution is -0.116. The molecule has 5 nitrogen and oxygen atoms in total. The number of nitrogens with zero attached hydrogens (tertiary/aromatic N) is 1. The standard InChI is InChI=1S/C25H33N3O2S/c1-19(2)23(31-18-20-10-6-5-7-11-20)24(29)26-21-12-14-22(15-13-21)27-25(30)28-16-8-3-4-9-17-28/h5-7,10-15,19,23H,3-4,8-9,16-18H2,1-2H3,(H,26,29)(H,27,30). The molecule has 1 aliphatic heterocycles. The second kappa shape index (κ2) is 11.8. The van der Waals surface area contributed by atoms with Crippen molar-refractivity contribution in [2.75, 3.05) is 23.7 Å². The van der Waals surface area contributed by atoms with Gasteiger partial charge in [-0.2, -0.15) is 0 Å². The van der Waals surface area contributed by atoms with E-state index in [1.807, 2.05) is 47.4 Å². The third-order valence-corrected chi connectivity index (χ3v) is 7.05. The van der Waals surface area contributed by atoms with Gasteiger partial charge in [-0.3, -0.25) is 4.79 Å². The predicted molar refractivity (Wildman–Crippen MR) is 130 cm³/mol. The van der Waals surface area contributed by atoms with Crippen LogP contribution in [0.4, 0.5) is 16.2 Å². The van der Waals surface area contributed by atoms with Crippen LogP contribution in [-0.4, -0.2) is 35.2 Å². The average molecular weight is 440 g/mol. The number of amides is 3. The van der Waals surface area contributed by atoms with Crippen molar-refractivity contribution in [2.24, 2.45) is 5.92 Å². The van der Waals surface area contributed by atoms with Crippen LogP contribution >= 0.6 is 11.8 Å². The summed E-state index contributed by atoms with van der Waals surface area (Å²) in [7, 11) is 0. The largest absolute Gasteiger partial charge is 0.325 e. The Kier molecular flexibility index (Phi) is 8.83. The molecule has 1 saturated heterocycles. The maximum absolute atomic E-state index is 12.9. The third kappa shape index (κ3) is 7.31. The zero-order valence-corrected chi connectivity index (χ0v) is 19.3. The van der Waals surface area contributed by atoms with Gasteiger partial charge in [0.15, 0.2) is 0 Å². The normalized spacial score (nSPS) is 15.3. The van der Waals surface area contributed by atoms with Crippen molar-refractivity contribution in [3.8, 4) is 0 Å². The lowest BCUT2D eigenvalue weighted by Gasteiger charge is -2.21. The fourth-order valence-corrected chi connectivity index (χ4v) is 4.82. The van der Waals surface area contributed by atoms with E-state index < -0.39 is 0 Å². The van der Waals surface area contributed by atoms with Crippen LogP contribution in [0.2, 0.25) is 0 Å². The van der Waals surface area contributed by atoms with Gasteiger partial charge in [-0.25, -0.2) is 4.79 Å². The lowest BCUT2D eigenvalue weighted by atomic mass is 10.1. The Balaban J connectivity index is 1.53. The van der Waals surface area contributed by atoms with Crippen molar-refractivity contribution in [3.05, 3.63) is 60.2 Å². The Morgan fingerprint density at radius 3 is 2.03 bits per heavy atom. The van der Waals surface area contributed by atoms with Crippen molar-refractivity contribution in [3.63, 3.8) is 0 Å². The summed E-state index contributed by atoms with van der Waals surface area (Å²) in [5.74, 6) is 1.04. The van der Waals surface area contributed by atoms with Gasteiger partial charge in [-0.05, 0) is 48.6 Å². The molecule has 2 N–H and O–H groups in total. The molecule has 2 aromatic rings. The molecule has 31 heavy (non-hydrogen) atoms. The highest BCUT2D eigenvalue weighted by Crippen LogP contribution is 2.25. The summed E-state index contributed by atoms with van der Waals surface area (Å²) in [6, 6.07) is 17.5. The second-order valence-electron chi connectivity index (χ2n) is 8.36. The molecule has 1 unspecified atom stereocenters. The van der Waals surface area contributed by atoms with E-state index in [-0.39, 0.29) is 23.1 Å². The molecule has 6 heteroatoms. The highest BCUT2D eigenvalue weighted by Gasteiger charge is 2.23. The monoisotopic (exact) mass is 439 g/mol. The fraction of sp³-hybridized carbons (Fsp3) is 0.440. The number of carbonyl (C=O) groups excluding carboxylic acids is 2. The summed E-state index contributed by atoms with van der Waals surface area (Å²) in [5, 5.41) is 5.86. The van der Waals surface area contributed by atoms with Crippen molar-refractivity contribution < 1.29 is 9.59 Å². The molecule has 1 fully saturated rings. The molecule has 0 saturated carbocycles. The van der Waals surface area contributed by atoms with Crippen LogP contribution < -0.4 is 10.6 Å². The molecule has 3 rings (SSSR count). The van der Waals surface area contributed by atoms with E-state index >= 15 is 0 Å². The van der Waals surface area contributed by atoms with E-state index in [0.29, 0.717) is 0 Å². The maximum atomic E-state index is 12.9. The first-order chi connectivity index (χ1) is 15.0. The lowest BCUT2D eigenvalue weighted by Crippen LogP contribution is -2.35. The van der Waals surface area contributed by atoms with Crippen LogP contribution in [0.5, 0.6) is 0 Å². The molecule has 0 bridgehead atoms. The summed E-state index contributed by atoms with van der Waals surface area (Å²) in [6.45, 7) is 5.78. The molecule has 2 aromatic carbocycles. The third-order valence-electron chi connectivity index (χ3n) is 5.43. The zero-order valence-electron chi connectivity index (χ0n) is 18.5. The molecule has 0 radical (unpaired) electrons. The maximum Gasteiger partial charge on any atom is 0.321 e. The summed E-state index contributed by atoms with van der Waals surface area (Å²) >= 11 is 1.66. The van der Waals surface area contributed by atoms with E-state index in [1.54, 1.807) is 11.8 Å². The fourth-order valence-electron chi connectivity index (χ4n) is 3.66. The molecule has 3 amide bonds. The van der Waals surface area contributed by atoms with Crippen molar-refractivity contribution >= 4 is 35.1 Å². The molecule has 0 aromatic heterocycles. The van der Waals surface area contributed by atoms with Gasteiger partial charge in [-0.15, -0.1) is 11.8 Å². The molecule has 0 aliphatic carbocycles. The van der Waals surface area contributed by atoms with Gasteiger partial charge in [0.1, 0.15) is 0 Å². The quantitative estimate of drug-likeness (QED) is 0.557. The van der Waals surface area contributed by atoms with Crippen LogP contribution in [0.1, 0.15) is 45.1 Å². The number of nitrogens with one attached hydrogen (secondary N) is 2. The van der Waals surface area contributed by atoms with E-state index in [1.165, 1.54) is 18.4 Å². The number of carbonyl (C=O) groups is 2. The summed E-state index contributed by atoms with van der Waals surface area (Å²) in [5.41, 5.74) is 2.70. The highest BCUT2D eigenvalue weighted by molar-refractivity contribution is 7.99. The SMILES string of the molecule is CC(C)C(SCc1ccccc1)C(=O)Nc1ccc(NC(=O)N2CCCCCC2)cc1. The molecule has 1 aliphatic rings. The zero-order chi connectivity index (χ0) is 22.1. The molecule has 1 heterocycles. The smallest absolute Gasteiger partial charge is 0.321 e. The van der Waals surface area contributed by atoms with E-state index in [4.69, 9.17) is 0 Å². The molecule has 0 spiro atoms. The minimum absolute atomic E-state index is 0.0114. The van der Waals surface area contributed by atoms with Crippen LogP contribution in [0, 0.1) is 5.92 Å². The number of benzene rings is 2. The highest BCUT2D eigenvalue weighted by atomic mass is 32.2. The Hall–Kier alpha value is -2.47. The van der Waals surface area contributed by atoms with Crippen LogP contribution in [0.3, 0.4) is 0 Å². The first-order valence-corrected chi connectivity index (χ1v) is 12.2. The van der Waals surface area contributed by atoms with E-state index in [2.05, 4.69) is 36.6 Å². The molecule has 166 valence electrons. The van der Waals surface area contributed by atoms with Gasteiger partial charge in [0.25, 0.3) is 0 Å². The van der Waals surface area contributed by atoms with Crippen molar-refractivity contribution in [1.82, 2.24) is 4.90 Å². The summed E-state index contributed by atoms with van der Waals surface area (Å²) in [4.78, 5) is 27.2. The Labute approximate surface area is 190 Å². The van der Waals surface area contributed by atoms with Gasteiger partial charge in [0, 0.05) is 30.2 Å². The second-order valence-corrected chi connectivity index (χ2v) is 9.49. The number of anilines is 2. The van der Waals surface area contributed by atoms with Crippen LogP contribution in [-0.2, 0) is 10.5 Å². The van der Waals surface area contributed by atoms with Gasteiger partial charge in [0.05, 0.1) is 5.25 Å². The van der Waals surface area contributed by atoms with E-state index in [0.717, 1.165) is 43.1 Å². The van der Waals surface area contributed by atoms with Gasteiger partial charge < -0.3 is 15.5 Å². The van der Waals surface area contributed by atoms with Gasteiger partial charge >= 0.3 is 6.03 Å². The first kappa shape index (κ1) is 23.2. The number of thioether (sulfide) groups is 1. The first-order valence-electron chi connectivity index (χ1n) is 11.2. The number of urea groups is 1. The molecular formula is C25H33N3O2S. The minimum atomic E-state index is -0.136. The minimum Gasteiger partial charge on any atom is -0.325 e. The summed E-state index contributed by atoms with van der Waals surface area (Å²) < 4.78 is 0. The van der Waals surface area contributed by atoms with Crippen molar-refractivity contribution in [1.29, 1.82) is 0 Å². The summed E-state index contributed by atoms with van der Waals surface area (Å²) in [6.07, 6.45) is 4.52. The topological polar surface area (TPSA) is 61.4 Å². The Morgan fingerprint density at radius 1 is 0.871 bits per heavy atom. The predicted octanol–water partition coefficient (Wildman–Crippen LogP) is 5.99.